The predicted molar refractivity (Wildman–Crippen MR) is 273 cm³/mol. The molecule has 0 aliphatic rings. The fourth-order valence-electron chi connectivity index (χ4n) is 6.54. The zero-order valence-corrected chi connectivity index (χ0v) is 42.3. The molecule has 0 fully saturated rings. The Labute approximate surface area is 423 Å². The van der Waals surface area contributed by atoms with Crippen molar-refractivity contribution in [3.63, 3.8) is 0 Å². The van der Waals surface area contributed by atoms with Crippen LogP contribution in [0.1, 0.15) is 67.6 Å². The number of nitrogens with zero attached hydrogens (tertiary/aromatic N) is 11. The smallest absolute Gasteiger partial charge is 0.158 e. The lowest BCUT2D eigenvalue weighted by Gasteiger charge is -2.11. The van der Waals surface area contributed by atoms with Crippen LogP contribution in [0.5, 0.6) is 11.5 Å². The molecule has 0 spiro atoms. The van der Waals surface area contributed by atoms with E-state index >= 15 is 0 Å². The maximum Gasteiger partial charge on any atom is 0.158 e. The number of anilines is 3. The van der Waals surface area contributed by atoms with Crippen molar-refractivity contribution in [2.45, 2.75) is 65.5 Å². The number of benzene rings is 4. The molecule has 21 heteroatoms. The van der Waals surface area contributed by atoms with Crippen LogP contribution < -0.4 is 20.5 Å². The quantitative estimate of drug-likeness (QED) is 0.0285. The summed E-state index contributed by atoms with van der Waals surface area (Å²) in [7, 11) is 6.69. The molecule has 384 valence electrons. The number of hydrogen-bond acceptors (Lipinski definition) is 16. The molecule has 3 aromatic heterocycles. The van der Waals surface area contributed by atoms with Gasteiger partial charge in [-0.3, -0.25) is 9.59 Å². The van der Waals surface area contributed by atoms with Gasteiger partial charge in [0, 0.05) is 89.2 Å². The maximum atomic E-state index is 14.9. The number of Topliss-reactive ketones (excluding diaryl/α,β-unsaturated/α-hetero) is 2. The molecule has 19 nitrogen and oxygen atoms in total. The highest BCUT2D eigenvalue weighted by molar-refractivity contribution is 5.92. The highest BCUT2D eigenvalue weighted by Gasteiger charge is 2.15. The first-order valence-electron chi connectivity index (χ1n) is 23.2. The average Bonchev–Trinajstić information content (AvgIpc) is 4.03. The number of ketones is 2. The number of carbonyl (C=O) groups excluding carboxylic acids is 2. The van der Waals surface area contributed by atoms with E-state index in [9.17, 15) is 18.4 Å². The largest absolute Gasteiger partial charge is 0.491 e. The van der Waals surface area contributed by atoms with E-state index in [-0.39, 0.29) is 53.6 Å². The Morgan fingerprint density at radius 1 is 0.767 bits per heavy atom. The van der Waals surface area contributed by atoms with Gasteiger partial charge in [-0.15, -0.1) is 10.2 Å². The Hall–Kier alpha value is -8.22. The third-order valence-corrected chi connectivity index (χ3v) is 10.3. The molecule has 3 N–H and O–H groups in total. The summed E-state index contributed by atoms with van der Waals surface area (Å²) in [5.41, 5.74) is 11.2. The molecule has 0 aliphatic heterocycles. The number of aromatic nitrogens is 8. The minimum atomic E-state index is -0.650. The Kier molecular flexibility index (Phi) is 21.4. The van der Waals surface area contributed by atoms with E-state index in [1.165, 1.54) is 30.9 Å². The molecule has 3 heterocycles. The standard InChI is InChI=1S/C25H27FN6O3.C14H18N4O.C13H16FN3O2/c1-16(2)23-14-32(31-30-23)13-19(33)10-17-4-6-18(7-5-17)29-25-24-21(26)11-20(35-9-8-34-3)12-22(24)27-15-28-25;1-10(2)14-9-18(17-16-14)8-13(19)7-11-3-5-12(15)6-4-11;1-17(2)9-16-13-7-10(19-5-4-18-3)6-12(14)11(13)8-15/h4-7,11-12,14-16H,8-10,13H2,1-3H3,(H,27,28,29);3-6,9-10H,7-8,15H2,1-2H3;6-7,9H,4-5H2,1-3H3. The van der Waals surface area contributed by atoms with Gasteiger partial charge in [-0.25, -0.2) is 33.1 Å². The number of aliphatic imine (C=N–C) groups is 1. The van der Waals surface area contributed by atoms with E-state index in [0.717, 1.165) is 22.5 Å². The van der Waals surface area contributed by atoms with E-state index in [1.54, 1.807) is 73.0 Å². The molecule has 0 saturated carbocycles. The van der Waals surface area contributed by atoms with Gasteiger partial charge >= 0.3 is 0 Å². The first kappa shape index (κ1) is 55.7. The van der Waals surface area contributed by atoms with Gasteiger partial charge in [-0.05, 0) is 47.2 Å². The number of carbonyl (C=O) groups is 2. The Balaban J connectivity index is 0.000000221. The molecule has 4 aromatic carbocycles. The molecular weight excluding hydrogens is 941 g/mol. The van der Waals surface area contributed by atoms with Crippen molar-refractivity contribution in [3.05, 3.63) is 131 Å². The third-order valence-electron chi connectivity index (χ3n) is 10.3. The SMILES string of the molecule is CC(C)c1cn(CC(=O)Cc2ccc(N)cc2)nn1.COCCOc1cc(F)c(C#N)c(N=CN(C)C)c1.COCCOc1cc(F)c2c(Nc3ccc(CC(=O)Cn4cc(C(C)C)nn4)cc3)ncnc2c1. The predicted octanol–water partition coefficient (Wildman–Crippen LogP) is 7.80. The van der Waals surface area contributed by atoms with Crippen molar-refractivity contribution in [1.82, 2.24) is 44.9 Å². The molecule has 0 bridgehead atoms. The van der Waals surface area contributed by atoms with E-state index < -0.39 is 11.6 Å². The monoisotopic (exact) mass is 1000 g/mol. The molecule has 0 unspecified atom stereocenters. The van der Waals surface area contributed by atoms with E-state index in [2.05, 4.69) is 40.9 Å². The lowest BCUT2D eigenvalue weighted by Crippen LogP contribution is -2.13. The van der Waals surface area contributed by atoms with Gasteiger partial charge in [-0.1, -0.05) is 62.4 Å². The summed E-state index contributed by atoms with van der Waals surface area (Å²) in [5.74, 6) is 0.598. The van der Waals surface area contributed by atoms with E-state index in [0.29, 0.717) is 73.0 Å². The molecule has 0 radical (unpaired) electrons. The maximum absolute atomic E-state index is 14.9. The fourth-order valence-corrected chi connectivity index (χ4v) is 6.54. The topological polar surface area (TPSA) is 236 Å². The highest BCUT2D eigenvalue weighted by atomic mass is 19.1. The van der Waals surface area contributed by atoms with Crippen LogP contribution in [0.15, 0.2) is 96.5 Å². The lowest BCUT2D eigenvalue weighted by molar-refractivity contribution is -0.120. The minimum Gasteiger partial charge on any atom is -0.491 e. The van der Waals surface area contributed by atoms with Gasteiger partial charge in [-0.2, -0.15) is 5.26 Å². The Bertz CT molecular complexity index is 2950. The normalized spacial score (nSPS) is 10.9. The molecule has 0 amide bonds. The second-order valence-electron chi connectivity index (χ2n) is 17.3. The summed E-state index contributed by atoms with van der Waals surface area (Å²) in [5, 5.41) is 28.4. The lowest BCUT2D eigenvalue weighted by atomic mass is 10.1. The number of halogens is 2. The number of rotatable bonds is 22. The number of nitriles is 1. The van der Waals surface area contributed by atoms with Crippen LogP contribution in [0.25, 0.3) is 10.9 Å². The molecule has 0 aliphatic carbocycles. The number of fused-ring (bicyclic) bond motifs is 1. The second-order valence-corrected chi connectivity index (χ2v) is 17.3. The number of nitrogens with two attached hydrogens (primary N) is 1. The second kappa shape index (κ2) is 28.0. The highest BCUT2D eigenvalue weighted by Crippen LogP contribution is 2.30. The van der Waals surface area contributed by atoms with Gasteiger partial charge in [0.15, 0.2) is 11.6 Å². The molecule has 0 atom stereocenters. The molecule has 7 rings (SSSR count). The van der Waals surface area contributed by atoms with Gasteiger partial charge in [0.25, 0.3) is 0 Å². The third kappa shape index (κ3) is 17.9. The zero-order chi connectivity index (χ0) is 52.9. The van der Waals surface area contributed by atoms with Crippen molar-refractivity contribution >= 4 is 51.7 Å². The summed E-state index contributed by atoms with van der Waals surface area (Å²) in [6.07, 6.45) is 7.14. The van der Waals surface area contributed by atoms with Crippen LogP contribution in [-0.4, -0.2) is 118 Å². The van der Waals surface area contributed by atoms with Crippen LogP contribution >= 0.6 is 0 Å². The first-order chi connectivity index (χ1) is 35.0. The number of nitrogens with one attached hydrogen (secondary N) is 1. The van der Waals surface area contributed by atoms with Gasteiger partial charge < -0.3 is 34.9 Å². The summed E-state index contributed by atoms with van der Waals surface area (Å²) >= 11 is 0. The summed E-state index contributed by atoms with van der Waals surface area (Å²) in [4.78, 5) is 38.5. The molecule has 0 saturated heterocycles. The van der Waals surface area contributed by atoms with Crippen molar-refractivity contribution in [2.75, 3.05) is 65.8 Å². The Morgan fingerprint density at radius 3 is 1.78 bits per heavy atom. The van der Waals surface area contributed by atoms with Crippen LogP contribution in [0.4, 0.5) is 31.7 Å². The average molecular weight is 1000 g/mol. The minimum absolute atomic E-state index is 0.0262. The van der Waals surface area contributed by atoms with E-state index in [4.69, 9.17) is 29.9 Å². The van der Waals surface area contributed by atoms with Crippen molar-refractivity contribution in [3.8, 4) is 17.6 Å². The number of hydrogen-bond donors (Lipinski definition) is 2. The molecular formula is C52H61F2N13O6. The van der Waals surface area contributed by atoms with Gasteiger partial charge in [0.2, 0.25) is 0 Å². The van der Waals surface area contributed by atoms with Crippen molar-refractivity contribution < 1.29 is 37.3 Å². The van der Waals surface area contributed by atoms with E-state index in [1.807, 2.05) is 70.3 Å². The van der Waals surface area contributed by atoms with Gasteiger partial charge in [0.05, 0.1) is 47.5 Å². The molecule has 7 aromatic rings. The number of ether oxygens (including phenoxy) is 4. The Morgan fingerprint density at radius 2 is 1.29 bits per heavy atom. The molecule has 73 heavy (non-hydrogen) atoms. The summed E-state index contributed by atoms with van der Waals surface area (Å²) in [6.45, 7) is 9.99. The summed E-state index contributed by atoms with van der Waals surface area (Å²) in [6, 6.07) is 22.1. The van der Waals surface area contributed by atoms with Crippen molar-refractivity contribution in [2.24, 2.45) is 4.99 Å². The fraction of sp³-hybridized carbons (Fsp3) is 0.346. The van der Waals surface area contributed by atoms with Crippen LogP contribution in [0.2, 0.25) is 0 Å². The van der Waals surface area contributed by atoms with Crippen LogP contribution in [0, 0.1) is 23.0 Å². The number of nitrogen functional groups attached to an aromatic ring is 1. The van der Waals surface area contributed by atoms with Gasteiger partial charge in [0.1, 0.15) is 73.2 Å². The number of methoxy groups -OCH3 is 2. The van der Waals surface area contributed by atoms with Crippen LogP contribution in [0.3, 0.4) is 0 Å². The zero-order valence-electron chi connectivity index (χ0n) is 42.3. The van der Waals surface area contributed by atoms with Crippen LogP contribution in [-0.2, 0) is 45.0 Å². The van der Waals surface area contributed by atoms with Crippen molar-refractivity contribution in [1.29, 1.82) is 5.26 Å². The first-order valence-corrected chi connectivity index (χ1v) is 23.2. The summed E-state index contributed by atoms with van der Waals surface area (Å²) < 4.78 is 52.4.